The van der Waals surface area contributed by atoms with E-state index in [0.29, 0.717) is 25.7 Å². The van der Waals surface area contributed by atoms with Gasteiger partial charge in [0.15, 0.2) is 5.60 Å². The lowest BCUT2D eigenvalue weighted by Gasteiger charge is -2.55. The lowest BCUT2D eigenvalue weighted by atomic mass is 9.63. The van der Waals surface area contributed by atoms with Crippen molar-refractivity contribution in [2.24, 2.45) is 11.8 Å². The van der Waals surface area contributed by atoms with E-state index in [1.165, 1.54) is 0 Å². The number of esters is 1. The molecule has 0 aromatic rings. The first-order chi connectivity index (χ1) is 10.8. The van der Waals surface area contributed by atoms with E-state index in [1.54, 1.807) is 6.92 Å². The van der Waals surface area contributed by atoms with Gasteiger partial charge in [-0.05, 0) is 26.2 Å². The summed E-state index contributed by atoms with van der Waals surface area (Å²) in [6.45, 7) is 1.61. The molecule has 2 unspecified atom stereocenters. The molecule has 0 radical (unpaired) electrons. The second-order valence-electron chi connectivity index (χ2n) is 6.92. The van der Waals surface area contributed by atoms with Crippen molar-refractivity contribution in [1.82, 2.24) is 5.32 Å². The average molecular weight is 348 g/mol. The molecule has 3 fully saturated rings. The monoisotopic (exact) mass is 347 g/mol. The van der Waals surface area contributed by atoms with Crippen LogP contribution in [0.25, 0.3) is 0 Å². The summed E-state index contributed by atoms with van der Waals surface area (Å²) in [5, 5.41) is 33.5. The number of hydrogen-bond acceptors (Lipinski definition) is 6. The number of alkyl halides is 1. The highest BCUT2D eigenvalue weighted by Crippen LogP contribution is 2.53. The van der Waals surface area contributed by atoms with E-state index in [9.17, 15) is 24.9 Å². The third-order valence-electron chi connectivity index (χ3n) is 5.83. The molecule has 0 bridgehead atoms. The standard InChI is InChI=1S/C15H22ClNO6/c1-14-8(5-6-16)12(21)17-15(14,13(22)23-14)11(20)7-3-2-4-9(18)10(7)19/h7-11,18-20H,2-6H2,1H3,(H,17,21)/t7-,8-,9?,10?,11-,14-,15-/m0/s1. The van der Waals surface area contributed by atoms with Gasteiger partial charge in [0, 0.05) is 11.8 Å². The topological polar surface area (TPSA) is 116 Å². The van der Waals surface area contributed by atoms with Crippen LogP contribution in [0, 0.1) is 11.8 Å². The summed E-state index contributed by atoms with van der Waals surface area (Å²) in [6.07, 6.45) is -1.57. The molecule has 7 nitrogen and oxygen atoms in total. The molecule has 3 aliphatic rings. The highest BCUT2D eigenvalue weighted by molar-refractivity contribution is 6.18. The molecule has 1 amide bonds. The number of aliphatic hydroxyl groups excluding tert-OH is 3. The smallest absolute Gasteiger partial charge is 0.339 e. The van der Waals surface area contributed by atoms with E-state index in [0.717, 1.165) is 0 Å². The van der Waals surface area contributed by atoms with Gasteiger partial charge in [0.1, 0.15) is 0 Å². The Morgan fingerprint density at radius 2 is 2.09 bits per heavy atom. The first kappa shape index (κ1) is 17.0. The van der Waals surface area contributed by atoms with Gasteiger partial charge in [-0.15, -0.1) is 11.6 Å². The minimum atomic E-state index is -1.58. The maximum absolute atomic E-state index is 12.3. The molecule has 4 N–H and O–H groups in total. The van der Waals surface area contributed by atoms with E-state index in [4.69, 9.17) is 16.3 Å². The first-order valence-electron chi connectivity index (χ1n) is 7.95. The normalized spacial score (nSPS) is 47.3. The molecule has 0 aromatic carbocycles. The van der Waals surface area contributed by atoms with Crippen molar-refractivity contribution in [3.8, 4) is 0 Å². The second-order valence-corrected chi connectivity index (χ2v) is 7.30. The third-order valence-corrected chi connectivity index (χ3v) is 6.05. The molecular formula is C15H22ClNO6. The second kappa shape index (κ2) is 5.58. The van der Waals surface area contributed by atoms with Crippen molar-refractivity contribution >= 4 is 23.5 Å². The molecule has 7 atom stereocenters. The SMILES string of the molecule is C[C@@]12OC(=O)[C@]1([C@@H](O)[C@H]1CCCC(O)C1O)NC(=O)[C@@H]2CCCl. The Morgan fingerprint density at radius 3 is 2.70 bits per heavy atom. The predicted molar refractivity (Wildman–Crippen MR) is 79.6 cm³/mol. The van der Waals surface area contributed by atoms with E-state index >= 15 is 0 Å². The average Bonchev–Trinajstić information content (AvgIpc) is 2.67. The van der Waals surface area contributed by atoms with E-state index < -0.39 is 47.3 Å². The zero-order valence-electron chi connectivity index (χ0n) is 12.9. The molecule has 1 aliphatic carbocycles. The number of amides is 1. The van der Waals surface area contributed by atoms with Gasteiger partial charge in [-0.3, -0.25) is 4.79 Å². The molecule has 0 aromatic heterocycles. The van der Waals surface area contributed by atoms with Crippen molar-refractivity contribution < 1.29 is 29.6 Å². The first-order valence-corrected chi connectivity index (χ1v) is 8.48. The van der Waals surface area contributed by atoms with Crippen LogP contribution in [0.2, 0.25) is 0 Å². The Morgan fingerprint density at radius 1 is 1.39 bits per heavy atom. The largest absolute Gasteiger partial charge is 0.453 e. The van der Waals surface area contributed by atoms with Gasteiger partial charge in [0.25, 0.3) is 0 Å². The zero-order valence-corrected chi connectivity index (χ0v) is 13.6. The molecule has 2 heterocycles. The molecule has 3 rings (SSSR count). The maximum Gasteiger partial charge on any atom is 0.339 e. The molecule has 1 saturated carbocycles. The number of hydrogen-bond donors (Lipinski definition) is 4. The van der Waals surface area contributed by atoms with Crippen LogP contribution in [0.3, 0.4) is 0 Å². The van der Waals surface area contributed by atoms with Crippen LogP contribution in [-0.4, -0.2) is 62.5 Å². The molecule has 0 spiro atoms. The van der Waals surface area contributed by atoms with Gasteiger partial charge in [-0.2, -0.15) is 0 Å². The molecular weight excluding hydrogens is 326 g/mol. The molecule has 2 aliphatic heterocycles. The number of nitrogens with one attached hydrogen (secondary N) is 1. The summed E-state index contributed by atoms with van der Waals surface area (Å²) in [5.74, 6) is -2.21. The van der Waals surface area contributed by atoms with Crippen LogP contribution in [0.1, 0.15) is 32.6 Å². The van der Waals surface area contributed by atoms with Crippen LogP contribution in [-0.2, 0) is 14.3 Å². The number of fused-ring (bicyclic) bond motifs is 1. The summed E-state index contributed by atoms with van der Waals surface area (Å²) in [6, 6.07) is 0. The number of carbonyl (C=O) groups excluding carboxylic acids is 2. The van der Waals surface area contributed by atoms with Crippen molar-refractivity contribution in [2.75, 3.05) is 5.88 Å². The highest BCUT2D eigenvalue weighted by Gasteiger charge is 2.79. The maximum atomic E-state index is 12.3. The van der Waals surface area contributed by atoms with Gasteiger partial charge >= 0.3 is 5.97 Å². The number of carbonyl (C=O) groups is 2. The van der Waals surface area contributed by atoms with Crippen LogP contribution in [0.5, 0.6) is 0 Å². The minimum absolute atomic E-state index is 0.224. The van der Waals surface area contributed by atoms with E-state index in [1.807, 2.05) is 0 Å². The Labute approximate surface area is 139 Å². The fourth-order valence-electron chi connectivity index (χ4n) is 4.42. The molecule has 2 saturated heterocycles. The fourth-order valence-corrected chi connectivity index (χ4v) is 4.64. The van der Waals surface area contributed by atoms with Crippen molar-refractivity contribution in [3.63, 3.8) is 0 Å². The summed E-state index contributed by atoms with van der Waals surface area (Å²) in [5.41, 5.74) is -2.78. The summed E-state index contributed by atoms with van der Waals surface area (Å²) >= 11 is 5.74. The third kappa shape index (κ3) is 2.06. The lowest BCUT2D eigenvalue weighted by Crippen LogP contribution is -2.80. The van der Waals surface area contributed by atoms with Crippen molar-refractivity contribution in [3.05, 3.63) is 0 Å². The van der Waals surface area contributed by atoms with Crippen molar-refractivity contribution in [2.45, 2.75) is 62.1 Å². The molecule has 23 heavy (non-hydrogen) atoms. The summed E-state index contributed by atoms with van der Waals surface area (Å²) in [7, 11) is 0. The summed E-state index contributed by atoms with van der Waals surface area (Å²) in [4.78, 5) is 24.5. The van der Waals surface area contributed by atoms with Crippen molar-refractivity contribution in [1.29, 1.82) is 0 Å². The Balaban J connectivity index is 1.93. The van der Waals surface area contributed by atoms with Crippen LogP contribution < -0.4 is 5.32 Å². The number of rotatable bonds is 4. The number of halogens is 1. The molecule has 130 valence electrons. The van der Waals surface area contributed by atoms with E-state index in [2.05, 4.69) is 5.32 Å². The van der Waals surface area contributed by atoms with Gasteiger partial charge in [-0.1, -0.05) is 6.42 Å². The van der Waals surface area contributed by atoms with Gasteiger partial charge in [-0.25, -0.2) is 4.79 Å². The predicted octanol–water partition coefficient (Wildman–Crippen LogP) is -0.702. The van der Waals surface area contributed by atoms with E-state index in [-0.39, 0.29) is 11.8 Å². The number of aliphatic hydroxyl groups is 3. The van der Waals surface area contributed by atoms with Gasteiger partial charge in [0.2, 0.25) is 11.4 Å². The minimum Gasteiger partial charge on any atom is -0.453 e. The Hall–Kier alpha value is -0.890. The molecule has 8 heteroatoms. The quantitative estimate of drug-likeness (QED) is 0.395. The fraction of sp³-hybridized carbons (Fsp3) is 0.867. The van der Waals surface area contributed by atoms with Gasteiger partial charge in [0.05, 0.1) is 24.2 Å². The zero-order chi connectivity index (χ0) is 17.0. The summed E-state index contributed by atoms with van der Waals surface area (Å²) < 4.78 is 5.28. The van der Waals surface area contributed by atoms with Gasteiger partial charge < -0.3 is 25.4 Å². The lowest BCUT2D eigenvalue weighted by molar-refractivity contribution is -0.245. The van der Waals surface area contributed by atoms with Crippen LogP contribution in [0.15, 0.2) is 0 Å². The highest BCUT2D eigenvalue weighted by atomic mass is 35.5. The van der Waals surface area contributed by atoms with Crippen LogP contribution in [0.4, 0.5) is 0 Å². The number of ether oxygens (including phenoxy) is 1. The Kier molecular flexibility index (Phi) is 4.11. The van der Waals surface area contributed by atoms with Crippen LogP contribution >= 0.6 is 11.6 Å². The Bertz CT molecular complexity index is 530.